The summed E-state index contributed by atoms with van der Waals surface area (Å²) < 4.78 is 10.6. The third kappa shape index (κ3) is 5.23. The molecule has 27 heavy (non-hydrogen) atoms. The molecule has 2 aromatic carbocycles. The first-order chi connectivity index (χ1) is 13.2. The van der Waals surface area contributed by atoms with E-state index >= 15 is 0 Å². The summed E-state index contributed by atoms with van der Waals surface area (Å²) in [6.45, 7) is 2.19. The second-order valence-corrected chi connectivity index (χ2v) is 6.43. The topological polar surface area (TPSA) is 59.1 Å². The second-order valence-electron chi connectivity index (χ2n) is 6.43. The van der Waals surface area contributed by atoms with Gasteiger partial charge in [0.05, 0.1) is 13.5 Å². The molecule has 2 amide bonds. The number of carbonyl (C=O) groups is 2. The van der Waals surface area contributed by atoms with Crippen LogP contribution in [0.1, 0.15) is 12.0 Å². The summed E-state index contributed by atoms with van der Waals surface area (Å²) >= 11 is 0. The van der Waals surface area contributed by atoms with Gasteiger partial charge in [-0.3, -0.25) is 4.79 Å². The second kappa shape index (κ2) is 9.07. The van der Waals surface area contributed by atoms with E-state index in [1.165, 1.54) is 0 Å². The molecular weight excluding hydrogens is 344 g/mol. The Labute approximate surface area is 159 Å². The number of benzene rings is 2. The van der Waals surface area contributed by atoms with Crippen molar-refractivity contribution < 1.29 is 19.1 Å². The Kier molecular flexibility index (Phi) is 6.30. The molecule has 0 aliphatic carbocycles. The molecule has 1 aliphatic rings. The maximum Gasteiger partial charge on any atom is 0.415 e. The molecule has 142 valence electrons. The lowest BCUT2D eigenvalue weighted by Crippen LogP contribution is -2.39. The molecule has 0 bridgehead atoms. The maximum absolute atomic E-state index is 12.6. The summed E-state index contributed by atoms with van der Waals surface area (Å²) in [5.74, 6) is 1.32. The molecular formula is C21H24N2O4. The molecule has 1 fully saturated rings. The van der Waals surface area contributed by atoms with E-state index in [0.29, 0.717) is 38.3 Å². The summed E-state index contributed by atoms with van der Waals surface area (Å²) in [6.07, 6.45) is 0.683. The number of nitrogens with zero attached hydrogens (tertiary/aromatic N) is 2. The van der Waals surface area contributed by atoms with Crippen LogP contribution in [-0.4, -0.2) is 55.1 Å². The fourth-order valence-electron chi connectivity index (χ4n) is 3.07. The Morgan fingerprint density at radius 1 is 0.889 bits per heavy atom. The molecule has 6 nitrogen and oxygen atoms in total. The van der Waals surface area contributed by atoms with Crippen LogP contribution in [0.5, 0.6) is 11.5 Å². The number of para-hydroxylation sites is 1. The van der Waals surface area contributed by atoms with Crippen molar-refractivity contribution in [3.05, 3.63) is 60.2 Å². The highest BCUT2D eigenvalue weighted by molar-refractivity contribution is 5.79. The van der Waals surface area contributed by atoms with Crippen LogP contribution in [0, 0.1) is 0 Å². The molecule has 0 saturated carbocycles. The summed E-state index contributed by atoms with van der Waals surface area (Å²) in [5, 5.41) is 0. The van der Waals surface area contributed by atoms with Crippen LogP contribution in [0.25, 0.3) is 0 Å². The van der Waals surface area contributed by atoms with E-state index in [9.17, 15) is 9.59 Å². The van der Waals surface area contributed by atoms with Gasteiger partial charge in [0, 0.05) is 26.2 Å². The molecule has 6 heteroatoms. The molecule has 1 aliphatic heterocycles. The van der Waals surface area contributed by atoms with Crippen LogP contribution < -0.4 is 9.47 Å². The SMILES string of the molecule is COc1cccc(CC(=O)N2CCCN(C(=O)Oc3ccccc3)CC2)c1. The van der Waals surface area contributed by atoms with Crippen molar-refractivity contribution in [1.82, 2.24) is 9.80 Å². The Hall–Kier alpha value is -3.02. The predicted molar refractivity (Wildman–Crippen MR) is 102 cm³/mol. The van der Waals surface area contributed by atoms with Crippen molar-refractivity contribution in [1.29, 1.82) is 0 Å². The highest BCUT2D eigenvalue weighted by Crippen LogP contribution is 2.15. The van der Waals surface area contributed by atoms with Crippen molar-refractivity contribution in [2.24, 2.45) is 0 Å². The molecule has 0 spiro atoms. The molecule has 0 unspecified atom stereocenters. The lowest BCUT2D eigenvalue weighted by Gasteiger charge is -2.22. The molecule has 1 saturated heterocycles. The van der Waals surface area contributed by atoms with Crippen LogP contribution in [0.15, 0.2) is 54.6 Å². The van der Waals surface area contributed by atoms with E-state index in [-0.39, 0.29) is 12.0 Å². The average Bonchev–Trinajstić information content (AvgIpc) is 2.95. The number of carbonyl (C=O) groups excluding carboxylic acids is 2. The van der Waals surface area contributed by atoms with Gasteiger partial charge in [0.25, 0.3) is 0 Å². The van der Waals surface area contributed by atoms with Gasteiger partial charge < -0.3 is 19.3 Å². The smallest absolute Gasteiger partial charge is 0.415 e. The zero-order valence-electron chi connectivity index (χ0n) is 15.5. The lowest BCUT2D eigenvalue weighted by molar-refractivity contribution is -0.130. The Bertz CT molecular complexity index is 779. The van der Waals surface area contributed by atoms with Gasteiger partial charge >= 0.3 is 6.09 Å². The fourth-order valence-corrected chi connectivity index (χ4v) is 3.07. The third-order valence-electron chi connectivity index (χ3n) is 4.54. The minimum atomic E-state index is -0.372. The normalized spacial score (nSPS) is 14.4. The molecule has 0 atom stereocenters. The number of methoxy groups -OCH3 is 1. The summed E-state index contributed by atoms with van der Waals surface area (Å²) in [6, 6.07) is 16.5. The van der Waals surface area contributed by atoms with E-state index < -0.39 is 0 Å². The summed E-state index contributed by atoms with van der Waals surface area (Å²) in [7, 11) is 1.61. The van der Waals surface area contributed by atoms with Gasteiger partial charge in [0.15, 0.2) is 0 Å². The van der Waals surface area contributed by atoms with Gasteiger partial charge in [-0.05, 0) is 36.2 Å². The quantitative estimate of drug-likeness (QED) is 0.833. The zero-order valence-corrected chi connectivity index (χ0v) is 15.5. The number of hydrogen-bond acceptors (Lipinski definition) is 4. The molecule has 1 heterocycles. The van der Waals surface area contributed by atoms with E-state index in [0.717, 1.165) is 17.7 Å². The Morgan fingerprint density at radius 2 is 1.59 bits per heavy atom. The van der Waals surface area contributed by atoms with Crippen LogP contribution in [-0.2, 0) is 11.2 Å². The minimum absolute atomic E-state index is 0.0570. The summed E-state index contributed by atoms with van der Waals surface area (Å²) in [4.78, 5) is 28.5. The van der Waals surface area contributed by atoms with Gasteiger partial charge in [-0.2, -0.15) is 0 Å². The van der Waals surface area contributed by atoms with Gasteiger partial charge in [0.1, 0.15) is 11.5 Å². The van der Waals surface area contributed by atoms with Gasteiger partial charge in [-0.25, -0.2) is 4.79 Å². The van der Waals surface area contributed by atoms with Gasteiger partial charge in [-0.15, -0.1) is 0 Å². The predicted octanol–water partition coefficient (Wildman–Crippen LogP) is 2.97. The first-order valence-electron chi connectivity index (χ1n) is 9.08. The summed E-state index contributed by atoms with van der Waals surface area (Å²) in [5.41, 5.74) is 0.920. The Balaban J connectivity index is 1.54. The average molecular weight is 368 g/mol. The van der Waals surface area contributed by atoms with Crippen molar-refractivity contribution >= 4 is 12.0 Å². The van der Waals surface area contributed by atoms with Gasteiger partial charge in [0.2, 0.25) is 5.91 Å². The maximum atomic E-state index is 12.6. The van der Waals surface area contributed by atoms with Gasteiger partial charge in [-0.1, -0.05) is 30.3 Å². The number of amides is 2. The van der Waals surface area contributed by atoms with Crippen LogP contribution in [0.3, 0.4) is 0 Å². The highest BCUT2D eigenvalue weighted by Gasteiger charge is 2.23. The third-order valence-corrected chi connectivity index (χ3v) is 4.54. The minimum Gasteiger partial charge on any atom is -0.497 e. The fraction of sp³-hybridized carbons (Fsp3) is 0.333. The number of hydrogen-bond donors (Lipinski definition) is 0. The van der Waals surface area contributed by atoms with E-state index in [1.807, 2.05) is 47.4 Å². The van der Waals surface area contributed by atoms with Crippen molar-refractivity contribution in [3.63, 3.8) is 0 Å². The molecule has 2 aromatic rings. The number of rotatable bonds is 4. The van der Waals surface area contributed by atoms with Crippen LogP contribution >= 0.6 is 0 Å². The molecule has 3 rings (SSSR count). The molecule has 0 N–H and O–H groups in total. The lowest BCUT2D eigenvalue weighted by atomic mass is 10.1. The number of ether oxygens (including phenoxy) is 2. The largest absolute Gasteiger partial charge is 0.497 e. The first-order valence-corrected chi connectivity index (χ1v) is 9.08. The molecule has 0 radical (unpaired) electrons. The van der Waals surface area contributed by atoms with Crippen molar-refractivity contribution in [3.8, 4) is 11.5 Å². The standard InChI is InChI=1S/C21H24N2O4/c1-26-19-10-5-7-17(15-19)16-20(24)22-11-6-12-23(14-13-22)21(25)27-18-8-3-2-4-9-18/h2-5,7-10,15H,6,11-14,16H2,1H3. The van der Waals surface area contributed by atoms with Crippen molar-refractivity contribution in [2.45, 2.75) is 12.8 Å². The molecule has 0 aromatic heterocycles. The van der Waals surface area contributed by atoms with E-state index in [4.69, 9.17) is 9.47 Å². The van der Waals surface area contributed by atoms with Crippen LogP contribution in [0.4, 0.5) is 4.79 Å². The highest BCUT2D eigenvalue weighted by atomic mass is 16.6. The zero-order chi connectivity index (χ0) is 19.1. The van der Waals surface area contributed by atoms with E-state index in [1.54, 1.807) is 24.1 Å². The van der Waals surface area contributed by atoms with E-state index in [2.05, 4.69) is 0 Å². The van der Waals surface area contributed by atoms with Crippen molar-refractivity contribution in [2.75, 3.05) is 33.3 Å². The first kappa shape index (κ1) is 18.8. The van der Waals surface area contributed by atoms with Crippen LogP contribution in [0.2, 0.25) is 0 Å². The monoisotopic (exact) mass is 368 g/mol. The Morgan fingerprint density at radius 3 is 2.37 bits per heavy atom.